The second-order valence-corrected chi connectivity index (χ2v) is 5.78. The van der Waals surface area contributed by atoms with Gasteiger partial charge in [0, 0.05) is 0 Å². The first-order chi connectivity index (χ1) is 6.93. The molecule has 0 fully saturated rings. The largest absolute Gasteiger partial charge is 0.465 e. The molecule has 0 aromatic carbocycles. The van der Waals surface area contributed by atoms with Crippen LogP contribution >= 0.6 is 0 Å². The van der Waals surface area contributed by atoms with Gasteiger partial charge in [0.05, 0.1) is 0 Å². The van der Waals surface area contributed by atoms with Crippen LogP contribution in [-0.4, -0.2) is 28.8 Å². The molecular weight excluding hydrogens is 210 g/mol. The lowest BCUT2D eigenvalue weighted by atomic mass is 9.87. The van der Waals surface area contributed by atoms with Gasteiger partial charge in [-0.05, 0) is 26.2 Å². The van der Waals surface area contributed by atoms with Crippen LogP contribution in [0.4, 0.5) is 4.79 Å². The third-order valence-electron chi connectivity index (χ3n) is 1.78. The number of nitrogens with one attached hydrogen (secondary N) is 1. The first-order valence-electron chi connectivity index (χ1n) is 5.16. The van der Waals surface area contributed by atoms with E-state index in [1.165, 1.54) is 0 Å². The molecule has 2 N–H and O–H groups in total. The van der Waals surface area contributed by atoms with Gasteiger partial charge in [0.25, 0.3) is 0 Å². The lowest BCUT2D eigenvalue weighted by Gasteiger charge is -2.31. The number of esters is 1. The maximum absolute atomic E-state index is 11.8. The lowest BCUT2D eigenvalue weighted by molar-refractivity contribution is -0.160. The monoisotopic (exact) mass is 231 g/mol. The summed E-state index contributed by atoms with van der Waals surface area (Å²) in [6.07, 6.45) is -1.23. The van der Waals surface area contributed by atoms with Gasteiger partial charge >= 0.3 is 12.1 Å². The first-order valence-corrected chi connectivity index (χ1v) is 5.16. The van der Waals surface area contributed by atoms with Crippen LogP contribution in [0, 0.1) is 5.41 Å². The Labute approximate surface area is 96.2 Å². The molecule has 0 radical (unpaired) electrons. The molecule has 0 rings (SSSR count). The molecule has 0 aliphatic heterocycles. The van der Waals surface area contributed by atoms with E-state index in [1.54, 1.807) is 41.5 Å². The van der Waals surface area contributed by atoms with E-state index in [0.29, 0.717) is 0 Å². The van der Waals surface area contributed by atoms with Gasteiger partial charge in [0.1, 0.15) is 11.6 Å². The number of amides is 1. The topological polar surface area (TPSA) is 75.6 Å². The molecule has 0 aliphatic carbocycles. The van der Waals surface area contributed by atoms with Crippen molar-refractivity contribution in [3.05, 3.63) is 0 Å². The minimum Gasteiger partial charge on any atom is -0.465 e. The summed E-state index contributed by atoms with van der Waals surface area (Å²) < 4.78 is 5.16. The Balaban J connectivity index is 4.78. The van der Waals surface area contributed by atoms with Gasteiger partial charge in [-0.2, -0.15) is 0 Å². The van der Waals surface area contributed by atoms with Gasteiger partial charge in [0.2, 0.25) is 0 Å². The summed E-state index contributed by atoms with van der Waals surface area (Å²) >= 11 is 0. The van der Waals surface area contributed by atoms with E-state index in [4.69, 9.17) is 9.84 Å². The predicted molar refractivity (Wildman–Crippen MR) is 60.2 cm³/mol. The van der Waals surface area contributed by atoms with Crippen LogP contribution in [0.3, 0.4) is 0 Å². The van der Waals surface area contributed by atoms with Crippen molar-refractivity contribution >= 4 is 12.1 Å². The fraction of sp³-hybridized carbons (Fsp3) is 0.818. The Kier molecular flexibility index (Phi) is 4.35. The van der Waals surface area contributed by atoms with Crippen molar-refractivity contribution in [1.82, 2.24) is 5.32 Å². The second-order valence-electron chi connectivity index (χ2n) is 5.78. The predicted octanol–water partition coefficient (Wildman–Crippen LogP) is 2.01. The second kappa shape index (κ2) is 4.72. The summed E-state index contributed by atoms with van der Waals surface area (Å²) in [4.78, 5) is 22.4. The minimum atomic E-state index is -1.23. The zero-order valence-electron chi connectivity index (χ0n) is 10.7. The molecular formula is C11H21NO4. The third kappa shape index (κ3) is 5.58. The molecule has 1 atom stereocenters. The molecule has 0 spiro atoms. The molecule has 16 heavy (non-hydrogen) atoms. The summed E-state index contributed by atoms with van der Waals surface area (Å²) in [7, 11) is 0. The summed E-state index contributed by atoms with van der Waals surface area (Å²) in [5, 5.41) is 10.9. The van der Waals surface area contributed by atoms with Crippen molar-refractivity contribution in [2.45, 2.75) is 53.2 Å². The maximum atomic E-state index is 11.8. The lowest BCUT2D eigenvalue weighted by Crippen LogP contribution is -2.50. The summed E-state index contributed by atoms with van der Waals surface area (Å²) in [6, 6.07) is -0.871. The van der Waals surface area contributed by atoms with Crippen LogP contribution in [0.5, 0.6) is 0 Å². The number of carbonyl (C=O) groups excluding carboxylic acids is 1. The zero-order valence-corrected chi connectivity index (χ0v) is 10.7. The number of rotatable bonds is 2. The maximum Gasteiger partial charge on any atom is 0.405 e. The average molecular weight is 231 g/mol. The van der Waals surface area contributed by atoms with Crippen molar-refractivity contribution in [2.75, 3.05) is 0 Å². The van der Waals surface area contributed by atoms with E-state index in [-0.39, 0.29) is 0 Å². The van der Waals surface area contributed by atoms with Crippen molar-refractivity contribution in [1.29, 1.82) is 0 Å². The highest BCUT2D eigenvalue weighted by Crippen LogP contribution is 2.22. The van der Waals surface area contributed by atoms with Gasteiger partial charge in [0.15, 0.2) is 0 Å². The zero-order chi connectivity index (χ0) is 13.1. The molecule has 0 saturated heterocycles. The molecule has 0 aliphatic rings. The average Bonchev–Trinajstić information content (AvgIpc) is 1.93. The normalized spacial score (nSPS) is 14.1. The van der Waals surface area contributed by atoms with Gasteiger partial charge in [-0.25, -0.2) is 9.59 Å². The number of hydrogen-bond acceptors (Lipinski definition) is 3. The molecule has 5 nitrogen and oxygen atoms in total. The van der Waals surface area contributed by atoms with Crippen molar-refractivity contribution < 1.29 is 19.4 Å². The molecule has 0 aromatic heterocycles. The quantitative estimate of drug-likeness (QED) is 0.713. The van der Waals surface area contributed by atoms with E-state index in [0.717, 1.165) is 0 Å². The van der Waals surface area contributed by atoms with Crippen molar-refractivity contribution in [2.24, 2.45) is 5.41 Å². The molecule has 0 aromatic rings. The van der Waals surface area contributed by atoms with Gasteiger partial charge < -0.3 is 15.2 Å². The number of carbonyl (C=O) groups is 2. The van der Waals surface area contributed by atoms with Gasteiger partial charge in [-0.15, -0.1) is 0 Å². The van der Waals surface area contributed by atoms with Crippen molar-refractivity contribution in [3.63, 3.8) is 0 Å². The fourth-order valence-electron chi connectivity index (χ4n) is 1.11. The minimum absolute atomic E-state index is 0.527. The summed E-state index contributed by atoms with van der Waals surface area (Å²) in [5.74, 6) is -0.553. The Hall–Kier alpha value is -1.26. The van der Waals surface area contributed by atoms with Crippen LogP contribution in [0.1, 0.15) is 41.5 Å². The highest BCUT2D eigenvalue weighted by Gasteiger charge is 2.35. The number of hydrogen-bond donors (Lipinski definition) is 2. The van der Waals surface area contributed by atoms with E-state index >= 15 is 0 Å². The molecule has 0 unspecified atom stereocenters. The summed E-state index contributed by atoms with van der Waals surface area (Å²) in [5.41, 5.74) is -1.15. The van der Waals surface area contributed by atoms with Crippen molar-refractivity contribution in [3.8, 4) is 0 Å². The molecule has 0 heterocycles. The standard InChI is InChI=1S/C11H21NO4/c1-10(2,3)7(12-9(14)15)8(13)16-11(4,5)6/h7,12H,1-6H3,(H,14,15)/t7-/m0/s1. The van der Waals surface area contributed by atoms with Gasteiger partial charge in [-0.3, -0.25) is 0 Å². The molecule has 0 saturated carbocycles. The number of ether oxygens (including phenoxy) is 1. The third-order valence-corrected chi connectivity index (χ3v) is 1.78. The van der Waals surface area contributed by atoms with Crippen LogP contribution in [0.15, 0.2) is 0 Å². The van der Waals surface area contributed by atoms with Crippen LogP contribution in [0.2, 0.25) is 0 Å². The fourth-order valence-corrected chi connectivity index (χ4v) is 1.11. The van der Waals surface area contributed by atoms with E-state index in [1.807, 2.05) is 0 Å². The Morgan fingerprint density at radius 1 is 1.12 bits per heavy atom. The number of carboxylic acid groups (broad SMARTS) is 1. The van der Waals surface area contributed by atoms with Crippen LogP contribution in [0.25, 0.3) is 0 Å². The molecule has 5 heteroatoms. The van der Waals surface area contributed by atoms with Crippen LogP contribution < -0.4 is 5.32 Å². The van der Waals surface area contributed by atoms with Crippen LogP contribution in [-0.2, 0) is 9.53 Å². The Bertz CT molecular complexity index is 273. The SMILES string of the molecule is CC(C)(C)OC(=O)[C@H](NC(=O)O)C(C)(C)C. The van der Waals surface area contributed by atoms with E-state index in [9.17, 15) is 9.59 Å². The smallest absolute Gasteiger partial charge is 0.405 e. The molecule has 94 valence electrons. The first kappa shape index (κ1) is 14.7. The molecule has 1 amide bonds. The Morgan fingerprint density at radius 3 is 1.81 bits per heavy atom. The highest BCUT2D eigenvalue weighted by molar-refractivity contribution is 5.81. The van der Waals surface area contributed by atoms with E-state index in [2.05, 4.69) is 5.32 Å². The highest BCUT2D eigenvalue weighted by atomic mass is 16.6. The molecule has 0 bridgehead atoms. The Morgan fingerprint density at radius 2 is 1.56 bits per heavy atom. The van der Waals surface area contributed by atoms with E-state index < -0.39 is 29.1 Å². The van der Waals surface area contributed by atoms with Gasteiger partial charge in [-0.1, -0.05) is 20.8 Å². The summed E-state index contributed by atoms with van der Waals surface area (Å²) in [6.45, 7) is 10.6.